The van der Waals surface area contributed by atoms with Gasteiger partial charge in [0.1, 0.15) is 5.84 Å². The van der Waals surface area contributed by atoms with Crippen LogP contribution in [0, 0.1) is 0 Å². The summed E-state index contributed by atoms with van der Waals surface area (Å²) in [5.74, 6) is 0.874. The molecule has 2 aliphatic heterocycles. The summed E-state index contributed by atoms with van der Waals surface area (Å²) in [4.78, 5) is 6.62. The second-order valence-electron chi connectivity index (χ2n) is 5.44. The number of aliphatic imine (C=N–C) groups is 1. The van der Waals surface area contributed by atoms with Gasteiger partial charge in [0.25, 0.3) is 0 Å². The lowest BCUT2D eigenvalue weighted by molar-refractivity contribution is -0.0317. The Hall–Kier alpha value is -1.84. The summed E-state index contributed by atoms with van der Waals surface area (Å²) in [7, 11) is 0. The van der Waals surface area contributed by atoms with Crippen LogP contribution in [-0.2, 0) is 5.72 Å². The van der Waals surface area contributed by atoms with Crippen LogP contribution >= 0.6 is 11.6 Å². The maximum absolute atomic E-state index is 11.5. The van der Waals surface area contributed by atoms with Crippen LogP contribution in [-0.4, -0.2) is 28.9 Å². The number of benzene rings is 2. The molecule has 2 aromatic rings. The molecule has 0 fully saturated rings. The van der Waals surface area contributed by atoms with Crippen LogP contribution in [0.5, 0.6) is 0 Å². The second kappa shape index (κ2) is 4.58. The highest BCUT2D eigenvalue weighted by molar-refractivity contribution is 6.30. The van der Waals surface area contributed by atoms with Gasteiger partial charge in [-0.1, -0.05) is 41.9 Å². The highest BCUT2D eigenvalue weighted by atomic mass is 35.5. The van der Waals surface area contributed by atoms with Crippen molar-refractivity contribution in [2.45, 2.75) is 12.1 Å². The van der Waals surface area contributed by atoms with Gasteiger partial charge in [-0.25, -0.2) is 0 Å². The Bertz CT molecular complexity index is 729. The Morgan fingerprint density at radius 1 is 1.14 bits per heavy atom. The number of fused-ring (bicyclic) bond motifs is 3. The highest BCUT2D eigenvalue weighted by Crippen LogP contribution is 2.44. The first-order valence-electron chi connectivity index (χ1n) is 7.11. The first-order valence-corrected chi connectivity index (χ1v) is 7.49. The summed E-state index contributed by atoms with van der Waals surface area (Å²) in [6.07, 6.45) is 0.945. The van der Waals surface area contributed by atoms with E-state index in [0.717, 1.165) is 42.0 Å². The molecule has 0 radical (unpaired) electrons. The molecule has 1 unspecified atom stereocenters. The molecule has 2 aliphatic rings. The first-order chi connectivity index (χ1) is 10.2. The largest absolute Gasteiger partial charge is 0.363 e. The third-order valence-corrected chi connectivity index (χ3v) is 4.46. The van der Waals surface area contributed by atoms with Gasteiger partial charge in [0.15, 0.2) is 5.72 Å². The number of hydrogen-bond acceptors (Lipinski definition) is 3. The van der Waals surface area contributed by atoms with Crippen LogP contribution in [0.15, 0.2) is 53.5 Å². The molecule has 1 atom stereocenters. The molecule has 0 bridgehead atoms. The van der Waals surface area contributed by atoms with E-state index in [9.17, 15) is 5.11 Å². The van der Waals surface area contributed by atoms with E-state index < -0.39 is 5.72 Å². The Kier molecular flexibility index (Phi) is 2.81. The van der Waals surface area contributed by atoms with E-state index in [0.29, 0.717) is 5.02 Å². The van der Waals surface area contributed by atoms with E-state index in [1.807, 2.05) is 53.4 Å². The van der Waals surface area contributed by atoms with Crippen LogP contribution in [0.1, 0.15) is 23.1 Å². The molecule has 3 nitrogen and oxygen atoms in total. The lowest BCUT2D eigenvalue weighted by Gasteiger charge is -2.37. The quantitative estimate of drug-likeness (QED) is 0.878. The van der Waals surface area contributed by atoms with Crippen molar-refractivity contribution in [2.24, 2.45) is 4.99 Å². The molecular weight excluding hydrogens is 284 g/mol. The van der Waals surface area contributed by atoms with Crippen LogP contribution in [0.4, 0.5) is 0 Å². The maximum Gasteiger partial charge on any atom is 0.193 e. The van der Waals surface area contributed by atoms with Crippen molar-refractivity contribution in [1.82, 2.24) is 4.90 Å². The summed E-state index contributed by atoms with van der Waals surface area (Å²) in [6, 6.07) is 15.4. The third kappa shape index (κ3) is 1.74. The molecule has 0 saturated carbocycles. The molecule has 4 rings (SSSR count). The fourth-order valence-electron chi connectivity index (χ4n) is 3.28. The van der Waals surface area contributed by atoms with Gasteiger partial charge in [-0.05, 0) is 24.6 Å². The third-order valence-electron chi connectivity index (χ3n) is 4.22. The first kappa shape index (κ1) is 12.9. The zero-order chi connectivity index (χ0) is 14.4. The maximum atomic E-state index is 11.5. The summed E-state index contributed by atoms with van der Waals surface area (Å²) < 4.78 is 0. The smallest absolute Gasteiger partial charge is 0.193 e. The minimum atomic E-state index is -1.18. The van der Waals surface area contributed by atoms with Crippen LogP contribution in [0.2, 0.25) is 5.02 Å². The molecule has 0 saturated heterocycles. The van der Waals surface area contributed by atoms with Gasteiger partial charge in [-0.15, -0.1) is 0 Å². The topological polar surface area (TPSA) is 35.8 Å². The minimum absolute atomic E-state index is 0.628. The lowest BCUT2D eigenvalue weighted by Crippen LogP contribution is -2.47. The average Bonchev–Trinajstić information content (AvgIpc) is 2.79. The van der Waals surface area contributed by atoms with Crippen molar-refractivity contribution < 1.29 is 5.11 Å². The van der Waals surface area contributed by atoms with Crippen molar-refractivity contribution in [2.75, 3.05) is 13.1 Å². The van der Waals surface area contributed by atoms with Crippen molar-refractivity contribution >= 4 is 17.4 Å². The van der Waals surface area contributed by atoms with Gasteiger partial charge < -0.3 is 10.0 Å². The molecule has 106 valence electrons. The molecule has 4 heteroatoms. The van der Waals surface area contributed by atoms with E-state index >= 15 is 0 Å². The van der Waals surface area contributed by atoms with E-state index in [1.54, 1.807) is 0 Å². The molecular formula is C17H15ClN2O. The Balaban J connectivity index is 2.01. The van der Waals surface area contributed by atoms with Crippen molar-refractivity contribution in [3.63, 3.8) is 0 Å². The van der Waals surface area contributed by atoms with E-state index in [2.05, 4.69) is 4.99 Å². The Morgan fingerprint density at radius 2 is 1.95 bits per heavy atom. The summed E-state index contributed by atoms with van der Waals surface area (Å²) in [5, 5.41) is 12.1. The number of hydrogen-bond donors (Lipinski definition) is 1. The summed E-state index contributed by atoms with van der Waals surface area (Å²) in [5.41, 5.74) is 1.47. The molecule has 1 N–H and O–H groups in total. The Morgan fingerprint density at radius 3 is 2.76 bits per heavy atom. The number of amidine groups is 1. The van der Waals surface area contributed by atoms with Crippen LogP contribution in [0.3, 0.4) is 0 Å². The zero-order valence-electron chi connectivity index (χ0n) is 11.5. The van der Waals surface area contributed by atoms with Crippen molar-refractivity contribution in [3.05, 3.63) is 70.2 Å². The summed E-state index contributed by atoms with van der Waals surface area (Å²) in [6.45, 7) is 1.59. The van der Waals surface area contributed by atoms with Gasteiger partial charge in [-0.3, -0.25) is 4.99 Å². The normalized spacial score (nSPS) is 23.5. The highest BCUT2D eigenvalue weighted by Gasteiger charge is 2.48. The fraction of sp³-hybridized carbons (Fsp3) is 0.235. The predicted molar refractivity (Wildman–Crippen MR) is 83.6 cm³/mol. The van der Waals surface area contributed by atoms with E-state index in [-0.39, 0.29) is 0 Å². The monoisotopic (exact) mass is 298 g/mol. The van der Waals surface area contributed by atoms with Gasteiger partial charge in [-0.2, -0.15) is 0 Å². The molecule has 0 spiro atoms. The number of rotatable bonds is 1. The van der Waals surface area contributed by atoms with Crippen LogP contribution < -0.4 is 0 Å². The molecule has 2 heterocycles. The van der Waals surface area contributed by atoms with Gasteiger partial charge in [0.05, 0.1) is 0 Å². The van der Waals surface area contributed by atoms with Gasteiger partial charge in [0.2, 0.25) is 0 Å². The lowest BCUT2D eigenvalue weighted by atomic mass is 9.94. The number of aliphatic hydroxyl groups is 1. The average molecular weight is 299 g/mol. The Labute approximate surface area is 128 Å². The standard InChI is InChI=1S/C17H15ClN2O/c18-13-7-8-14-15(11-13)17(21,12-5-2-1-3-6-12)20-10-4-9-19-16(14)20/h1-3,5-8,11,21H,4,9-10H2. The van der Waals surface area contributed by atoms with E-state index in [1.165, 1.54) is 0 Å². The van der Waals surface area contributed by atoms with Crippen molar-refractivity contribution in [3.8, 4) is 0 Å². The van der Waals surface area contributed by atoms with Gasteiger partial charge in [0, 0.05) is 34.8 Å². The summed E-state index contributed by atoms with van der Waals surface area (Å²) >= 11 is 6.17. The molecule has 0 aliphatic carbocycles. The van der Waals surface area contributed by atoms with Gasteiger partial charge >= 0.3 is 0 Å². The number of halogens is 1. The van der Waals surface area contributed by atoms with E-state index in [4.69, 9.17) is 11.6 Å². The fourth-order valence-corrected chi connectivity index (χ4v) is 3.45. The molecule has 2 aromatic carbocycles. The predicted octanol–water partition coefficient (Wildman–Crippen LogP) is 3.00. The SMILES string of the molecule is OC1(c2ccccc2)c2cc(Cl)ccc2C2=NCCCN21. The van der Waals surface area contributed by atoms with Crippen molar-refractivity contribution in [1.29, 1.82) is 0 Å². The number of nitrogens with zero attached hydrogens (tertiary/aromatic N) is 2. The second-order valence-corrected chi connectivity index (χ2v) is 5.88. The minimum Gasteiger partial charge on any atom is -0.363 e. The molecule has 0 aromatic heterocycles. The van der Waals surface area contributed by atoms with Crippen LogP contribution in [0.25, 0.3) is 0 Å². The molecule has 21 heavy (non-hydrogen) atoms. The molecule has 0 amide bonds. The zero-order valence-corrected chi connectivity index (χ0v) is 12.2.